The summed E-state index contributed by atoms with van der Waals surface area (Å²) in [4.78, 5) is 25.8. The van der Waals surface area contributed by atoms with Gasteiger partial charge in [0.15, 0.2) is 0 Å². The number of nitrogens with one attached hydrogen (secondary N) is 1. The summed E-state index contributed by atoms with van der Waals surface area (Å²) >= 11 is 1.73. The zero-order valence-corrected chi connectivity index (χ0v) is 12.0. The largest absolute Gasteiger partial charge is 0.376 e. The van der Waals surface area contributed by atoms with Gasteiger partial charge in [-0.05, 0) is 26.2 Å². The highest BCUT2D eigenvalue weighted by Gasteiger charge is 2.52. The number of nitrogens with zero attached hydrogens (tertiary/aromatic N) is 1. The van der Waals surface area contributed by atoms with E-state index in [2.05, 4.69) is 12.2 Å². The zero-order chi connectivity index (χ0) is 13.5. The minimum atomic E-state index is -0.300. The molecule has 0 aromatic heterocycles. The maximum absolute atomic E-state index is 12.3. The van der Waals surface area contributed by atoms with E-state index in [0.717, 1.165) is 25.9 Å². The fourth-order valence-electron chi connectivity index (χ4n) is 3.15. The molecule has 0 unspecified atom stereocenters. The molecule has 0 aliphatic carbocycles. The first-order valence-corrected chi connectivity index (χ1v) is 7.94. The minimum absolute atomic E-state index is 0.0259. The highest BCUT2D eigenvalue weighted by atomic mass is 32.2. The van der Waals surface area contributed by atoms with Crippen LogP contribution in [0.4, 0.5) is 0 Å². The van der Waals surface area contributed by atoms with Gasteiger partial charge in [0.25, 0.3) is 0 Å². The Labute approximate surface area is 117 Å². The van der Waals surface area contributed by atoms with Gasteiger partial charge in [0, 0.05) is 25.3 Å². The second-order valence-electron chi connectivity index (χ2n) is 5.65. The average Bonchev–Trinajstić information content (AvgIpc) is 3.06. The van der Waals surface area contributed by atoms with Crippen molar-refractivity contribution in [2.75, 3.05) is 18.9 Å². The summed E-state index contributed by atoms with van der Waals surface area (Å²) in [5.74, 6) is 0.798. The zero-order valence-electron chi connectivity index (χ0n) is 11.2. The number of amides is 2. The maximum atomic E-state index is 12.3. The van der Waals surface area contributed by atoms with E-state index < -0.39 is 0 Å². The molecule has 0 aromatic carbocycles. The van der Waals surface area contributed by atoms with Crippen LogP contribution in [0.25, 0.3) is 0 Å². The molecular formula is C13H20N2O3S. The van der Waals surface area contributed by atoms with E-state index in [1.807, 2.05) is 0 Å². The van der Waals surface area contributed by atoms with Gasteiger partial charge in [-0.3, -0.25) is 9.59 Å². The van der Waals surface area contributed by atoms with Crippen LogP contribution in [0, 0.1) is 0 Å². The summed E-state index contributed by atoms with van der Waals surface area (Å²) in [6, 6.07) is -0.300. The van der Waals surface area contributed by atoms with Gasteiger partial charge in [-0.15, -0.1) is 11.8 Å². The van der Waals surface area contributed by atoms with Crippen molar-refractivity contribution in [2.45, 2.75) is 49.6 Å². The van der Waals surface area contributed by atoms with Gasteiger partial charge < -0.3 is 15.0 Å². The maximum Gasteiger partial charge on any atom is 0.243 e. The van der Waals surface area contributed by atoms with Crippen molar-refractivity contribution in [1.82, 2.24) is 10.2 Å². The van der Waals surface area contributed by atoms with Crippen molar-refractivity contribution in [1.29, 1.82) is 0 Å². The van der Waals surface area contributed by atoms with Crippen LogP contribution in [-0.4, -0.2) is 52.6 Å². The summed E-state index contributed by atoms with van der Waals surface area (Å²) in [5, 5.41) is 2.95. The Kier molecular flexibility index (Phi) is 3.47. The lowest BCUT2D eigenvalue weighted by Crippen LogP contribution is -2.51. The summed E-state index contributed by atoms with van der Waals surface area (Å²) in [6.45, 7) is 3.43. The first-order valence-electron chi connectivity index (χ1n) is 6.95. The number of thioether (sulfide) groups is 1. The molecule has 2 amide bonds. The Morgan fingerprint density at radius 2 is 2.47 bits per heavy atom. The molecule has 3 heterocycles. The first kappa shape index (κ1) is 13.2. The van der Waals surface area contributed by atoms with Gasteiger partial charge in [0.1, 0.15) is 6.04 Å². The van der Waals surface area contributed by atoms with Crippen LogP contribution in [0.5, 0.6) is 0 Å². The average molecular weight is 284 g/mol. The van der Waals surface area contributed by atoms with Crippen LogP contribution in [-0.2, 0) is 14.3 Å². The number of carbonyl (C=O) groups is 2. The quantitative estimate of drug-likeness (QED) is 0.830. The third-order valence-electron chi connectivity index (χ3n) is 4.28. The van der Waals surface area contributed by atoms with Gasteiger partial charge >= 0.3 is 0 Å². The van der Waals surface area contributed by atoms with E-state index >= 15 is 0 Å². The van der Waals surface area contributed by atoms with Gasteiger partial charge in [0.2, 0.25) is 11.8 Å². The second kappa shape index (κ2) is 4.98. The lowest BCUT2D eigenvalue weighted by Gasteiger charge is -2.30. The van der Waals surface area contributed by atoms with Crippen LogP contribution in [0.15, 0.2) is 0 Å². The highest BCUT2D eigenvalue weighted by Crippen LogP contribution is 2.47. The number of ether oxygens (including phenoxy) is 1. The molecule has 3 atom stereocenters. The molecule has 0 aromatic rings. The van der Waals surface area contributed by atoms with Crippen molar-refractivity contribution >= 4 is 23.6 Å². The molecule has 106 valence electrons. The third kappa shape index (κ3) is 2.36. The molecule has 0 radical (unpaired) electrons. The van der Waals surface area contributed by atoms with Crippen molar-refractivity contribution in [3.05, 3.63) is 0 Å². The van der Waals surface area contributed by atoms with Crippen LogP contribution >= 0.6 is 11.8 Å². The predicted molar refractivity (Wildman–Crippen MR) is 72.7 cm³/mol. The van der Waals surface area contributed by atoms with E-state index in [1.165, 1.54) is 0 Å². The van der Waals surface area contributed by atoms with Crippen molar-refractivity contribution in [2.24, 2.45) is 0 Å². The van der Waals surface area contributed by atoms with E-state index in [0.29, 0.717) is 18.7 Å². The van der Waals surface area contributed by atoms with Gasteiger partial charge in [0.05, 0.1) is 11.0 Å². The fourth-order valence-corrected chi connectivity index (χ4v) is 4.58. The molecule has 3 aliphatic rings. The molecule has 3 rings (SSSR count). The van der Waals surface area contributed by atoms with Crippen LogP contribution in [0.2, 0.25) is 0 Å². The number of rotatable bonds is 3. The number of hydrogen-bond donors (Lipinski definition) is 1. The van der Waals surface area contributed by atoms with Gasteiger partial charge in [-0.1, -0.05) is 0 Å². The molecule has 19 heavy (non-hydrogen) atoms. The number of fused-ring (bicyclic) bond motifs is 1. The Bertz CT molecular complexity index is 397. The highest BCUT2D eigenvalue weighted by molar-refractivity contribution is 8.01. The van der Waals surface area contributed by atoms with Crippen molar-refractivity contribution < 1.29 is 14.3 Å². The standard InChI is InChI=1S/C13H20N2O3S/c1-13-5-4-11(16)15(13)10(8-19-13)12(17)14-7-9-3-2-6-18-9/h9-10H,2-8H2,1H3,(H,14,17)/t9-,10+,13-/m0/s1. The molecule has 0 bridgehead atoms. The van der Waals surface area contributed by atoms with Crippen LogP contribution in [0.3, 0.4) is 0 Å². The Hall–Kier alpha value is -0.750. The van der Waals surface area contributed by atoms with Gasteiger partial charge in [-0.25, -0.2) is 0 Å². The molecule has 0 spiro atoms. The lowest BCUT2D eigenvalue weighted by atomic mass is 10.2. The molecule has 1 N–H and O–H groups in total. The second-order valence-corrected chi connectivity index (χ2v) is 7.15. The molecule has 3 fully saturated rings. The van der Waals surface area contributed by atoms with Gasteiger partial charge in [-0.2, -0.15) is 0 Å². The summed E-state index contributed by atoms with van der Waals surface area (Å²) in [6.07, 6.45) is 3.66. The molecule has 0 saturated carbocycles. The van der Waals surface area contributed by atoms with E-state index in [1.54, 1.807) is 16.7 Å². The van der Waals surface area contributed by atoms with Crippen molar-refractivity contribution in [3.8, 4) is 0 Å². The summed E-state index contributed by atoms with van der Waals surface area (Å²) < 4.78 is 5.49. The molecule has 6 heteroatoms. The molecule has 3 aliphatic heterocycles. The Morgan fingerprint density at radius 3 is 3.21 bits per heavy atom. The number of hydrogen-bond acceptors (Lipinski definition) is 4. The molecular weight excluding hydrogens is 264 g/mol. The third-order valence-corrected chi connectivity index (χ3v) is 5.78. The van der Waals surface area contributed by atoms with Crippen LogP contribution in [0.1, 0.15) is 32.6 Å². The smallest absolute Gasteiger partial charge is 0.243 e. The predicted octanol–water partition coefficient (Wildman–Crippen LogP) is 0.736. The lowest BCUT2D eigenvalue weighted by molar-refractivity contribution is -0.138. The molecule has 3 saturated heterocycles. The van der Waals surface area contributed by atoms with E-state index in [4.69, 9.17) is 4.74 Å². The topological polar surface area (TPSA) is 58.6 Å². The Morgan fingerprint density at radius 1 is 1.63 bits per heavy atom. The van der Waals surface area contributed by atoms with E-state index in [-0.39, 0.29) is 28.8 Å². The normalized spacial score (nSPS) is 37.7. The summed E-state index contributed by atoms with van der Waals surface area (Å²) in [7, 11) is 0. The monoisotopic (exact) mass is 284 g/mol. The molecule has 5 nitrogen and oxygen atoms in total. The SMILES string of the molecule is C[C@]12CCC(=O)N1[C@@H](C(=O)NC[C@@H]1CCCO1)CS2. The Balaban J connectivity index is 1.59. The van der Waals surface area contributed by atoms with Crippen molar-refractivity contribution in [3.63, 3.8) is 0 Å². The summed E-state index contributed by atoms with van der Waals surface area (Å²) in [5.41, 5.74) is 0. The number of carbonyl (C=O) groups excluding carboxylic acids is 2. The fraction of sp³-hybridized carbons (Fsp3) is 0.846. The van der Waals surface area contributed by atoms with Crippen LogP contribution < -0.4 is 5.32 Å². The minimum Gasteiger partial charge on any atom is -0.376 e. The van der Waals surface area contributed by atoms with E-state index in [9.17, 15) is 9.59 Å². The first-order chi connectivity index (χ1) is 9.10.